The zero-order valence-corrected chi connectivity index (χ0v) is 13.1. The first-order valence-corrected chi connectivity index (χ1v) is 7.80. The highest BCUT2D eigenvalue weighted by molar-refractivity contribution is 5.51. The van der Waals surface area contributed by atoms with Crippen LogP contribution in [0.4, 0.5) is 5.69 Å². The molecule has 1 aromatic carbocycles. The molecule has 0 aliphatic heterocycles. The van der Waals surface area contributed by atoms with Crippen molar-refractivity contribution in [1.29, 1.82) is 5.26 Å². The fraction of sp³-hybridized carbons (Fsp3) is 0.611. The number of hydrogen-bond donors (Lipinski definition) is 1. The summed E-state index contributed by atoms with van der Waals surface area (Å²) in [6.45, 7) is 7.15. The average Bonchev–Trinajstić information content (AvgIpc) is 2.76. The smallest absolute Gasteiger partial charge is 0.120 e. The van der Waals surface area contributed by atoms with Crippen LogP contribution in [-0.2, 0) is 6.42 Å². The maximum atomic E-state index is 8.87. The van der Waals surface area contributed by atoms with Gasteiger partial charge in [0.2, 0.25) is 0 Å². The van der Waals surface area contributed by atoms with E-state index in [1.54, 1.807) is 0 Å². The SMILES string of the molecule is CC1(C)C2CCC1(C)C(Oc1ccc(N)c(CC#N)c1)C2. The van der Waals surface area contributed by atoms with Gasteiger partial charge in [-0.15, -0.1) is 0 Å². The molecular weight excluding hydrogens is 260 g/mol. The molecule has 2 saturated carbocycles. The number of ether oxygens (including phenoxy) is 1. The van der Waals surface area contributed by atoms with Gasteiger partial charge in [0.1, 0.15) is 11.9 Å². The average molecular weight is 284 g/mol. The van der Waals surface area contributed by atoms with Crippen LogP contribution in [0.1, 0.15) is 45.6 Å². The molecule has 3 nitrogen and oxygen atoms in total. The molecule has 2 aliphatic rings. The third-order valence-electron chi connectivity index (χ3n) is 6.38. The van der Waals surface area contributed by atoms with E-state index < -0.39 is 0 Å². The number of nitriles is 1. The summed E-state index contributed by atoms with van der Waals surface area (Å²) >= 11 is 0. The lowest BCUT2D eigenvalue weighted by atomic mass is 9.70. The van der Waals surface area contributed by atoms with Crippen LogP contribution >= 0.6 is 0 Å². The van der Waals surface area contributed by atoms with E-state index in [1.165, 1.54) is 12.8 Å². The minimum atomic E-state index is 0.244. The molecule has 0 aromatic heterocycles. The van der Waals surface area contributed by atoms with Crippen LogP contribution in [0.15, 0.2) is 18.2 Å². The van der Waals surface area contributed by atoms with Gasteiger partial charge < -0.3 is 10.5 Å². The van der Waals surface area contributed by atoms with Crippen LogP contribution in [0.5, 0.6) is 5.75 Å². The van der Waals surface area contributed by atoms with E-state index in [0.717, 1.165) is 23.7 Å². The van der Waals surface area contributed by atoms with Crippen molar-refractivity contribution in [2.45, 2.75) is 52.6 Å². The second-order valence-electron chi connectivity index (χ2n) is 7.41. The highest BCUT2D eigenvalue weighted by Crippen LogP contribution is 2.66. The van der Waals surface area contributed by atoms with Crippen molar-refractivity contribution in [2.75, 3.05) is 5.73 Å². The first kappa shape index (κ1) is 14.3. The molecule has 0 radical (unpaired) electrons. The third-order valence-corrected chi connectivity index (χ3v) is 6.38. The Labute approximate surface area is 127 Å². The predicted octanol–water partition coefficient (Wildman–Crippen LogP) is 3.93. The van der Waals surface area contributed by atoms with Gasteiger partial charge in [-0.25, -0.2) is 0 Å². The van der Waals surface area contributed by atoms with Gasteiger partial charge >= 0.3 is 0 Å². The number of nitrogens with two attached hydrogens (primary N) is 1. The monoisotopic (exact) mass is 284 g/mol. The zero-order valence-electron chi connectivity index (χ0n) is 13.1. The molecule has 2 bridgehead atoms. The van der Waals surface area contributed by atoms with E-state index in [1.807, 2.05) is 18.2 Å². The summed E-state index contributed by atoms with van der Waals surface area (Å²) in [7, 11) is 0. The van der Waals surface area contributed by atoms with E-state index in [9.17, 15) is 0 Å². The van der Waals surface area contributed by atoms with Crippen LogP contribution in [0.2, 0.25) is 0 Å². The van der Waals surface area contributed by atoms with Crippen LogP contribution in [0, 0.1) is 28.1 Å². The lowest BCUT2D eigenvalue weighted by molar-refractivity contribution is 0.0301. The Morgan fingerprint density at radius 2 is 2.14 bits per heavy atom. The number of anilines is 1. The standard InChI is InChI=1S/C18H24N2O/c1-17(2)13-6-8-18(17,3)16(11-13)21-14-4-5-15(20)12(10-14)7-9-19/h4-5,10,13,16H,6-8,11,20H2,1-3H3. The van der Waals surface area contributed by atoms with E-state index in [0.29, 0.717) is 17.5 Å². The summed E-state index contributed by atoms with van der Waals surface area (Å²) in [6, 6.07) is 7.87. The summed E-state index contributed by atoms with van der Waals surface area (Å²) in [5.74, 6) is 1.61. The van der Waals surface area contributed by atoms with Gasteiger partial charge in [0.25, 0.3) is 0 Å². The minimum Gasteiger partial charge on any atom is -0.490 e. The maximum absolute atomic E-state index is 8.87. The van der Waals surface area contributed by atoms with E-state index in [-0.39, 0.29) is 11.5 Å². The van der Waals surface area contributed by atoms with Crippen molar-refractivity contribution in [2.24, 2.45) is 16.7 Å². The van der Waals surface area contributed by atoms with E-state index >= 15 is 0 Å². The molecule has 0 spiro atoms. The first-order chi connectivity index (χ1) is 9.88. The quantitative estimate of drug-likeness (QED) is 0.856. The highest BCUT2D eigenvalue weighted by Gasteiger charge is 2.62. The minimum absolute atomic E-state index is 0.244. The molecule has 0 heterocycles. The molecule has 2 fully saturated rings. The molecule has 3 unspecified atom stereocenters. The second-order valence-corrected chi connectivity index (χ2v) is 7.41. The summed E-state index contributed by atoms with van der Waals surface area (Å²) in [4.78, 5) is 0. The lowest BCUT2D eigenvalue weighted by Crippen LogP contribution is -2.38. The van der Waals surface area contributed by atoms with Crippen LogP contribution in [0.3, 0.4) is 0 Å². The largest absolute Gasteiger partial charge is 0.490 e. The van der Waals surface area contributed by atoms with Gasteiger partial charge in [-0.05, 0) is 54.4 Å². The summed E-state index contributed by atoms with van der Waals surface area (Å²) < 4.78 is 6.32. The molecule has 0 amide bonds. The number of benzene rings is 1. The van der Waals surface area contributed by atoms with Gasteiger partial charge in [0.05, 0.1) is 12.5 Å². The molecule has 3 heteroatoms. The maximum Gasteiger partial charge on any atom is 0.120 e. The number of nitrogen functional groups attached to an aromatic ring is 1. The normalized spacial score (nSPS) is 32.9. The van der Waals surface area contributed by atoms with Crippen molar-refractivity contribution >= 4 is 5.69 Å². The van der Waals surface area contributed by atoms with Crippen molar-refractivity contribution < 1.29 is 4.74 Å². The topological polar surface area (TPSA) is 59.0 Å². The van der Waals surface area contributed by atoms with Gasteiger partial charge in [-0.3, -0.25) is 0 Å². The number of fused-ring (bicyclic) bond motifs is 2. The Balaban J connectivity index is 1.83. The number of hydrogen-bond acceptors (Lipinski definition) is 3. The van der Waals surface area contributed by atoms with Gasteiger partial charge in [-0.2, -0.15) is 5.26 Å². The van der Waals surface area contributed by atoms with Crippen LogP contribution in [-0.4, -0.2) is 6.10 Å². The molecule has 1 aromatic rings. The molecule has 3 rings (SSSR count). The lowest BCUT2D eigenvalue weighted by Gasteiger charge is -2.39. The molecule has 2 N–H and O–H groups in total. The van der Waals surface area contributed by atoms with Gasteiger partial charge in [0, 0.05) is 11.1 Å². The third kappa shape index (κ3) is 2.00. The fourth-order valence-electron chi connectivity index (χ4n) is 4.37. The van der Waals surface area contributed by atoms with Crippen molar-refractivity contribution in [1.82, 2.24) is 0 Å². The first-order valence-electron chi connectivity index (χ1n) is 7.80. The van der Waals surface area contributed by atoms with Gasteiger partial charge in [0.15, 0.2) is 0 Å². The predicted molar refractivity (Wildman–Crippen MR) is 83.8 cm³/mol. The van der Waals surface area contributed by atoms with Crippen molar-refractivity contribution in [3.8, 4) is 11.8 Å². The van der Waals surface area contributed by atoms with Crippen LogP contribution in [0.25, 0.3) is 0 Å². The number of rotatable bonds is 3. The Bertz CT molecular complexity index is 602. The summed E-state index contributed by atoms with van der Waals surface area (Å²) in [6.07, 6.45) is 4.31. The Kier molecular flexibility index (Phi) is 3.16. The Morgan fingerprint density at radius 3 is 2.71 bits per heavy atom. The zero-order chi connectivity index (χ0) is 15.3. The molecule has 112 valence electrons. The van der Waals surface area contributed by atoms with Crippen molar-refractivity contribution in [3.63, 3.8) is 0 Å². The summed E-state index contributed by atoms with van der Waals surface area (Å²) in [5.41, 5.74) is 8.03. The Morgan fingerprint density at radius 1 is 1.38 bits per heavy atom. The molecule has 2 aliphatic carbocycles. The molecular formula is C18H24N2O. The second kappa shape index (κ2) is 4.66. The Hall–Kier alpha value is -1.69. The molecule has 3 atom stereocenters. The van der Waals surface area contributed by atoms with Crippen molar-refractivity contribution in [3.05, 3.63) is 23.8 Å². The van der Waals surface area contributed by atoms with Crippen LogP contribution < -0.4 is 10.5 Å². The number of nitrogens with zero attached hydrogens (tertiary/aromatic N) is 1. The molecule has 21 heavy (non-hydrogen) atoms. The highest BCUT2D eigenvalue weighted by atomic mass is 16.5. The fourth-order valence-corrected chi connectivity index (χ4v) is 4.37. The van der Waals surface area contributed by atoms with Gasteiger partial charge in [-0.1, -0.05) is 20.8 Å². The van der Waals surface area contributed by atoms with E-state index in [4.69, 9.17) is 15.7 Å². The summed E-state index contributed by atoms with van der Waals surface area (Å²) in [5, 5.41) is 8.87. The van der Waals surface area contributed by atoms with E-state index in [2.05, 4.69) is 26.8 Å². The molecule has 0 saturated heterocycles.